The number of hydrogen-bond donors (Lipinski definition) is 3. The Kier molecular flexibility index (Phi) is 6.73. The summed E-state index contributed by atoms with van der Waals surface area (Å²) in [5.74, 6) is -0.126. The number of hydrogen-bond acceptors (Lipinski definition) is 6. The molecule has 2 amide bonds. The van der Waals surface area contributed by atoms with E-state index >= 15 is 0 Å². The van der Waals surface area contributed by atoms with Crippen LogP contribution in [0.2, 0.25) is 0 Å². The number of ether oxygens (including phenoxy) is 1. The van der Waals surface area contributed by atoms with Crippen molar-refractivity contribution < 1.29 is 36.6 Å². The predicted molar refractivity (Wildman–Crippen MR) is 118 cm³/mol. The highest BCUT2D eigenvalue weighted by Gasteiger charge is 2.39. The number of amides is 2. The summed E-state index contributed by atoms with van der Waals surface area (Å²) >= 11 is 0. The van der Waals surface area contributed by atoms with Crippen LogP contribution < -0.4 is 19.7 Å². The third-order valence-corrected chi connectivity index (χ3v) is 6.92. The number of halogens is 2. The summed E-state index contributed by atoms with van der Waals surface area (Å²) in [7, 11) is -4.40. The smallest absolute Gasteiger partial charge is 0.409 e. The second-order valence-corrected chi connectivity index (χ2v) is 10.3. The minimum atomic E-state index is -4.40. The Morgan fingerprint density at radius 3 is 2.59 bits per heavy atom. The molecule has 11 nitrogen and oxygen atoms in total. The maximum Gasteiger partial charge on any atom is 0.409 e. The molecule has 14 heteroatoms. The fraction of sp³-hybridized carbons (Fsp3) is 0.450. The van der Waals surface area contributed by atoms with Crippen molar-refractivity contribution in [2.24, 2.45) is 0 Å². The molecule has 3 rings (SSSR count). The molecule has 3 N–H and O–H groups in total. The van der Waals surface area contributed by atoms with Gasteiger partial charge in [0.2, 0.25) is 5.91 Å². The molecule has 186 valence electrons. The van der Waals surface area contributed by atoms with Gasteiger partial charge >= 0.3 is 12.6 Å². The van der Waals surface area contributed by atoms with Gasteiger partial charge in [-0.15, -0.1) is 0 Å². The Morgan fingerprint density at radius 2 is 2.03 bits per heavy atom. The number of nitrogens with one attached hydrogen (secondary N) is 2. The lowest BCUT2D eigenvalue weighted by Crippen LogP contribution is -2.50. The number of carbonyl (C=O) groups is 2. The lowest BCUT2D eigenvalue weighted by atomic mass is 9.95. The molecular formula is C20H25F2N5O6S. The number of fused-ring (bicyclic) bond motifs is 1. The van der Waals surface area contributed by atoms with Gasteiger partial charge in [-0.1, -0.05) is 0 Å². The molecule has 0 saturated carbocycles. The minimum Gasteiger partial charge on any atom is -0.486 e. The summed E-state index contributed by atoms with van der Waals surface area (Å²) < 4.78 is 60.7. The van der Waals surface area contributed by atoms with E-state index in [1.807, 2.05) is 0 Å². The molecule has 2 heterocycles. The van der Waals surface area contributed by atoms with Crippen LogP contribution >= 0.6 is 0 Å². The Hall–Kier alpha value is -3.42. The summed E-state index contributed by atoms with van der Waals surface area (Å²) in [4.78, 5) is 22.2. The molecule has 1 unspecified atom stereocenters. The number of nitrogens with zero attached hydrogens (tertiary/aromatic N) is 3. The zero-order chi connectivity index (χ0) is 25.4. The van der Waals surface area contributed by atoms with E-state index in [1.165, 1.54) is 32.0 Å². The van der Waals surface area contributed by atoms with Crippen LogP contribution in [0.1, 0.15) is 39.4 Å². The SMILES string of the molecule is CC(=O)NC(C)(C)CC1CN(S(=O)(=O)c2cn(C(F)F)nc2C)c2cc(NC(=O)O)ccc2O1. The number of alkyl halides is 2. The van der Waals surface area contributed by atoms with E-state index in [9.17, 15) is 26.8 Å². The lowest BCUT2D eigenvalue weighted by Gasteiger charge is -2.38. The van der Waals surface area contributed by atoms with Gasteiger partial charge in [-0.05, 0) is 39.0 Å². The van der Waals surface area contributed by atoms with Gasteiger partial charge in [-0.3, -0.25) is 14.4 Å². The number of sulfonamides is 1. The number of rotatable bonds is 7. The molecule has 0 spiro atoms. The Balaban J connectivity index is 2.07. The Labute approximate surface area is 194 Å². The standard InChI is InChI=1S/C20H25F2N5O6S/c1-11-17(10-26(25-11)18(21)22)34(31,32)27-9-14(8-20(3,4)24-12(2)28)33-16-6-5-13(7-15(16)27)23-19(29)30/h5-7,10,14,18,23H,8-9H2,1-4H3,(H,24,28)(H,29,30). The van der Waals surface area contributed by atoms with Gasteiger partial charge < -0.3 is 15.2 Å². The van der Waals surface area contributed by atoms with Crippen molar-refractivity contribution in [2.75, 3.05) is 16.2 Å². The van der Waals surface area contributed by atoms with Crippen molar-refractivity contribution in [1.82, 2.24) is 15.1 Å². The number of anilines is 2. The molecule has 1 aromatic carbocycles. The number of carbonyl (C=O) groups excluding carboxylic acids is 1. The van der Waals surface area contributed by atoms with Crippen molar-refractivity contribution in [3.63, 3.8) is 0 Å². The summed E-state index contributed by atoms with van der Waals surface area (Å²) in [6.45, 7) is 2.92. The first kappa shape index (κ1) is 25.2. The maximum atomic E-state index is 13.6. The van der Waals surface area contributed by atoms with Gasteiger partial charge in [0, 0.05) is 24.6 Å². The third kappa shape index (κ3) is 5.38. The van der Waals surface area contributed by atoms with E-state index in [2.05, 4.69) is 15.7 Å². The van der Waals surface area contributed by atoms with E-state index < -0.39 is 39.2 Å². The molecule has 1 aliphatic heterocycles. The molecule has 0 saturated heterocycles. The van der Waals surface area contributed by atoms with Gasteiger partial charge in [0.15, 0.2) is 0 Å². The topological polar surface area (TPSA) is 143 Å². The van der Waals surface area contributed by atoms with Crippen molar-refractivity contribution in [1.29, 1.82) is 0 Å². The van der Waals surface area contributed by atoms with Crippen LogP contribution in [0.25, 0.3) is 0 Å². The average Bonchev–Trinajstić information content (AvgIpc) is 3.08. The highest BCUT2D eigenvalue weighted by molar-refractivity contribution is 7.92. The summed E-state index contributed by atoms with van der Waals surface area (Å²) in [5, 5.41) is 17.5. The molecule has 1 aliphatic rings. The molecule has 0 fully saturated rings. The molecule has 1 aromatic heterocycles. The van der Waals surface area contributed by atoms with Crippen molar-refractivity contribution in [2.45, 2.75) is 57.2 Å². The number of aromatic nitrogens is 2. The van der Waals surface area contributed by atoms with E-state index in [0.29, 0.717) is 0 Å². The molecule has 0 radical (unpaired) electrons. The van der Waals surface area contributed by atoms with Gasteiger partial charge in [-0.2, -0.15) is 13.9 Å². The minimum absolute atomic E-state index is 0.0315. The molecular weight excluding hydrogens is 476 g/mol. The van der Waals surface area contributed by atoms with Crippen molar-refractivity contribution >= 4 is 33.4 Å². The Morgan fingerprint density at radius 1 is 1.35 bits per heavy atom. The summed E-state index contributed by atoms with van der Waals surface area (Å²) in [6.07, 6.45) is -1.09. The van der Waals surface area contributed by atoms with Crippen molar-refractivity contribution in [3.8, 4) is 5.75 Å². The van der Waals surface area contributed by atoms with Crippen LogP contribution in [0.4, 0.5) is 25.0 Å². The quantitative estimate of drug-likeness (QED) is 0.529. The molecule has 34 heavy (non-hydrogen) atoms. The third-order valence-electron chi connectivity index (χ3n) is 5.03. The first-order valence-electron chi connectivity index (χ1n) is 10.2. The predicted octanol–water partition coefficient (Wildman–Crippen LogP) is 2.94. The molecule has 1 atom stereocenters. The lowest BCUT2D eigenvalue weighted by molar-refractivity contribution is -0.120. The van der Waals surface area contributed by atoms with Crippen LogP contribution in [0.3, 0.4) is 0 Å². The van der Waals surface area contributed by atoms with Crippen LogP contribution in [-0.2, 0) is 14.8 Å². The molecule has 0 aliphatic carbocycles. The fourth-order valence-corrected chi connectivity index (χ4v) is 5.54. The second-order valence-electron chi connectivity index (χ2n) is 8.49. The van der Waals surface area contributed by atoms with Gasteiger partial charge in [-0.25, -0.2) is 17.9 Å². The van der Waals surface area contributed by atoms with E-state index in [-0.39, 0.29) is 46.4 Å². The van der Waals surface area contributed by atoms with E-state index in [4.69, 9.17) is 9.84 Å². The van der Waals surface area contributed by atoms with E-state index in [1.54, 1.807) is 13.8 Å². The largest absolute Gasteiger partial charge is 0.486 e. The van der Waals surface area contributed by atoms with Crippen molar-refractivity contribution in [3.05, 3.63) is 30.1 Å². The van der Waals surface area contributed by atoms with Gasteiger partial charge in [0.25, 0.3) is 10.0 Å². The number of carboxylic acid groups (broad SMARTS) is 1. The highest BCUT2D eigenvalue weighted by Crippen LogP contribution is 2.40. The number of benzene rings is 1. The van der Waals surface area contributed by atoms with Gasteiger partial charge in [0.05, 0.1) is 24.1 Å². The Bertz CT molecular complexity index is 1210. The first-order valence-corrected chi connectivity index (χ1v) is 11.6. The van der Waals surface area contributed by atoms with Gasteiger partial charge in [0.1, 0.15) is 16.7 Å². The monoisotopic (exact) mass is 501 g/mol. The van der Waals surface area contributed by atoms with Crippen LogP contribution in [0.15, 0.2) is 29.3 Å². The molecule has 2 aromatic rings. The van der Waals surface area contributed by atoms with Crippen LogP contribution in [-0.4, -0.2) is 53.5 Å². The highest BCUT2D eigenvalue weighted by atomic mass is 32.2. The first-order chi connectivity index (χ1) is 15.7. The normalized spacial score (nSPS) is 16.1. The maximum absolute atomic E-state index is 13.6. The van der Waals surface area contributed by atoms with Crippen LogP contribution in [0, 0.1) is 6.92 Å². The fourth-order valence-electron chi connectivity index (χ4n) is 3.88. The van der Waals surface area contributed by atoms with E-state index in [0.717, 1.165) is 10.5 Å². The zero-order valence-electron chi connectivity index (χ0n) is 18.9. The zero-order valence-corrected chi connectivity index (χ0v) is 19.7. The second kappa shape index (κ2) is 9.08. The summed E-state index contributed by atoms with van der Waals surface area (Å²) in [6, 6.07) is 4.10. The summed E-state index contributed by atoms with van der Waals surface area (Å²) in [5.41, 5.74) is -0.746. The number of aryl methyl sites for hydroxylation is 1. The molecule has 0 bridgehead atoms. The average molecular weight is 502 g/mol. The van der Waals surface area contributed by atoms with Crippen LogP contribution in [0.5, 0.6) is 5.75 Å².